The van der Waals surface area contributed by atoms with Gasteiger partial charge in [-0.1, -0.05) is 33.6 Å². The zero-order chi connectivity index (χ0) is 12.9. The van der Waals surface area contributed by atoms with Crippen LogP contribution >= 0.6 is 0 Å². The van der Waals surface area contributed by atoms with E-state index in [2.05, 4.69) is 26.1 Å². The molecule has 2 unspecified atom stereocenters. The topological polar surface area (TPSA) is 46.2 Å². The normalized spacial score (nSPS) is 29.4. The highest BCUT2D eigenvalue weighted by atomic mass is 32.2. The number of hydrogen-bond donors (Lipinski definition) is 1. The van der Waals surface area contributed by atoms with Crippen molar-refractivity contribution in [2.24, 2.45) is 11.3 Å². The van der Waals surface area contributed by atoms with E-state index >= 15 is 0 Å². The average Bonchev–Trinajstić information content (AvgIpc) is 2.52. The number of hydrogen-bond acceptors (Lipinski definition) is 3. The Hall–Kier alpha value is -0.0900. The van der Waals surface area contributed by atoms with E-state index in [1.54, 1.807) is 0 Å². The smallest absolute Gasteiger partial charge is 0.150 e. The fraction of sp³-hybridized carbons (Fsp3) is 1.00. The van der Waals surface area contributed by atoms with Gasteiger partial charge in [-0.2, -0.15) is 0 Å². The Bertz CT molecular complexity index is 326. The van der Waals surface area contributed by atoms with Crippen LogP contribution in [0.4, 0.5) is 0 Å². The van der Waals surface area contributed by atoms with Gasteiger partial charge in [0.25, 0.3) is 0 Å². The molecular weight excluding hydrogens is 234 g/mol. The second-order valence-corrected chi connectivity index (χ2v) is 7.90. The van der Waals surface area contributed by atoms with Crippen LogP contribution in [0.25, 0.3) is 0 Å². The lowest BCUT2D eigenvalue weighted by molar-refractivity contribution is 0.239. The Kier molecular flexibility index (Phi) is 5.45. The molecule has 2 atom stereocenters. The first-order valence-electron chi connectivity index (χ1n) is 6.84. The summed E-state index contributed by atoms with van der Waals surface area (Å²) < 4.78 is 23.4. The minimum Gasteiger partial charge on any atom is -0.316 e. The second kappa shape index (κ2) is 6.19. The Morgan fingerprint density at radius 2 is 2.06 bits per heavy atom. The van der Waals surface area contributed by atoms with Crippen LogP contribution in [0.2, 0.25) is 0 Å². The van der Waals surface area contributed by atoms with Crippen LogP contribution in [0, 0.1) is 11.3 Å². The van der Waals surface area contributed by atoms with Crippen LogP contribution in [0.5, 0.6) is 0 Å². The average molecular weight is 261 g/mol. The molecular formula is C13H27NO2S. The molecule has 1 N–H and O–H groups in total. The summed E-state index contributed by atoms with van der Waals surface area (Å²) in [5.74, 6) is 1.41. The number of nitrogens with one attached hydrogen (secondary N) is 1. The fourth-order valence-electron chi connectivity index (χ4n) is 3.08. The SMILES string of the molecule is CCCC(C)CC1(CNCC)CCS(=O)(=O)C1. The summed E-state index contributed by atoms with van der Waals surface area (Å²) in [6, 6.07) is 0. The number of sulfone groups is 1. The van der Waals surface area contributed by atoms with Gasteiger partial charge in [-0.25, -0.2) is 8.42 Å². The molecule has 0 bridgehead atoms. The summed E-state index contributed by atoms with van der Waals surface area (Å²) in [6.45, 7) is 8.30. The molecule has 4 heteroatoms. The van der Waals surface area contributed by atoms with Crippen molar-refractivity contribution in [3.05, 3.63) is 0 Å². The van der Waals surface area contributed by atoms with Crippen LogP contribution in [0.1, 0.15) is 46.5 Å². The lowest BCUT2D eigenvalue weighted by Gasteiger charge is -2.31. The van der Waals surface area contributed by atoms with E-state index in [1.807, 2.05) is 0 Å². The minimum absolute atomic E-state index is 0.00340. The zero-order valence-corrected chi connectivity index (χ0v) is 12.3. The van der Waals surface area contributed by atoms with Crippen LogP contribution in [0.3, 0.4) is 0 Å². The Morgan fingerprint density at radius 1 is 1.35 bits per heavy atom. The van der Waals surface area contributed by atoms with Crippen molar-refractivity contribution in [1.29, 1.82) is 0 Å². The van der Waals surface area contributed by atoms with E-state index in [0.29, 0.717) is 17.4 Å². The molecule has 102 valence electrons. The molecule has 17 heavy (non-hydrogen) atoms. The first-order valence-corrected chi connectivity index (χ1v) is 8.66. The largest absolute Gasteiger partial charge is 0.316 e. The van der Waals surface area contributed by atoms with Crippen LogP contribution in [0.15, 0.2) is 0 Å². The predicted molar refractivity (Wildman–Crippen MR) is 72.9 cm³/mol. The fourth-order valence-corrected chi connectivity index (χ4v) is 5.27. The van der Waals surface area contributed by atoms with Gasteiger partial charge in [0.05, 0.1) is 11.5 Å². The summed E-state index contributed by atoms with van der Waals surface area (Å²) in [5.41, 5.74) is 0.00340. The molecule has 0 aromatic rings. The van der Waals surface area contributed by atoms with E-state index in [4.69, 9.17) is 0 Å². The van der Waals surface area contributed by atoms with Crippen molar-refractivity contribution in [1.82, 2.24) is 5.32 Å². The van der Waals surface area contributed by atoms with Gasteiger partial charge in [-0.05, 0) is 30.7 Å². The monoisotopic (exact) mass is 261 g/mol. The van der Waals surface area contributed by atoms with Gasteiger partial charge in [0.15, 0.2) is 9.84 Å². The molecule has 1 heterocycles. The maximum atomic E-state index is 11.7. The molecule has 1 rings (SSSR count). The number of rotatable bonds is 7. The molecule has 0 spiro atoms. The van der Waals surface area contributed by atoms with Crippen molar-refractivity contribution >= 4 is 9.84 Å². The van der Waals surface area contributed by atoms with Crippen LogP contribution in [-0.2, 0) is 9.84 Å². The highest BCUT2D eigenvalue weighted by Gasteiger charge is 2.42. The van der Waals surface area contributed by atoms with Gasteiger partial charge < -0.3 is 5.32 Å². The molecule has 1 saturated heterocycles. The maximum Gasteiger partial charge on any atom is 0.150 e. The molecule has 0 aromatic heterocycles. The van der Waals surface area contributed by atoms with Crippen molar-refractivity contribution in [3.63, 3.8) is 0 Å². The minimum atomic E-state index is -2.78. The summed E-state index contributed by atoms with van der Waals surface area (Å²) in [6.07, 6.45) is 4.28. The van der Waals surface area contributed by atoms with Crippen LogP contribution < -0.4 is 5.32 Å². The van der Waals surface area contributed by atoms with Crippen LogP contribution in [-0.4, -0.2) is 33.0 Å². The van der Waals surface area contributed by atoms with Gasteiger partial charge in [-0.15, -0.1) is 0 Å². The molecule has 3 nitrogen and oxygen atoms in total. The molecule has 1 aliphatic rings. The maximum absolute atomic E-state index is 11.7. The molecule has 0 radical (unpaired) electrons. The molecule has 0 amide bonds. The summed E-state index contributed by atoms with van der Waals surface area (Å²) >= 11 is 0. The third kappa shape index (κ3) is 4.59. The van der Waals surface area contributed by atoms with E-state index in [1.165, 1.54) is 12.8 Å². The van der Waals surface area contributed by atoms with Gasteiger partial charge in [0, 0.05) is 6.54 Å². The molecule has 0 saturated carbocycles. The lowest BCUT2D eigenvalue weighted by atomic mass is 9.78. The highest BCUT2D eigenvalue weighted by Crippen LogP contribution is 2.38. The van der Waals surface area contributed by atoms with E-state index < -0.39 is 9.84 Å². The van der Waals surface area contributed by atoms with Crippen molar-refractivity contribution in [2.75, 3.05) is 24.6 Å². The third-order valence-electron chi connectivity index (χ3n) is 3.78. The standard InChI is InChI=1S/C13H27NO2S/c1-4-6-12(3)9-13(10-14-5-2)7-8-17(15,16)11-13/h12,14H,4-11H2,1-3H3. The van der Waals surface area contributed by atoms with E-state index in [9.17, 15) is 8.42 Å². The third-order valence-corrected chi connectivity index (χ3v) is 5.66. The molecule has 1 aliphatic heterocycles. The van der Waals surface area contributed by atoms with Gasteiger partial charge in [0.2, 0.25) is 0 Å². The zero-order valence-electron chi connectivity index (χ0n) is 11.5. The second-order valence-electron chi connectivity index (χ2n) is 5.72. The van der Waals surface area contributed by atoms with Crippen molar-refractivity contribution < 1.29 is 8.42 Å². The first kappa shape index (κ1) is 15.0. The van der Waals surface area contributed by atoms with Crippen molar-refractivity contribution in [3.8, 4) is 0 Å². The summed E-state index contributed by atoms with van der Waals surface area (Å²) in [4.78, 5) is 0. The van der Waals surface area contributed by atoms with Crippen molar-refractivity contribution in [2.45, 2.75) is 46.5 Å². The van der Waals surface area contributed by atoms with Gasteiger partial charge in [-0.3, -0.25) is 0 Å². The summed E-state index contributed by atoms with van der Waals surface area (Å²) in [7, 11) is -2.78. The summed E-state index contributed by atoms with van der Waals surface area (Å²) in [5, 5.41) is 3.35. The van der Waals surface area contributed by atoms with E-state index in [0.717, 1.165) is 25.9 Å². The quantitative estimate of drug-likeness (QED) is 0.764. The lowest BCUT2D eigenvalue weighted by Crippen LogP contribution is -2.36. The molecule has 1 fully saturated rings. The van der Waals surface area contributed by atoms with E-state index in [-0.39, 0.29) is 5.41 Å². The molecule has 0 aromatic carbocycles. The van der Waals surface area contributed by atoms with Gasteiger partial charge in [0.1, 0.15) is 0 Å². The highest BCUT2D eigenvalue weighted by molar-refractivity contribution is 7.91. The first-order chi connectivity index (χ1) is 7.93. The Morgan fingerprint density at radius 3 is 2.53 bits per heavy atom. The van der Waals surface area contributed by atoms with Gasteiger partial charge >= 0.3 is 0 Å². The Labute approximate surface area is 106 Å². The Balaban J connectivity index is 2.67. The predicted octanol–water partition coefficient (Wildman–Crippen LogP) is 2.23. The molecule has 0 aliphatic carbocycles.